The Kier molecular flexibility index (Phi) is 4.24. The van der Waals surface area contributed by atoms with E-state index in [9.17, 15) is 19.5 Å². The molecule has 0 aromatic heterocycles. The van der Waals surface area contributed by atoms with Crippen molar-refractivity contribution in [3.63, 3.8) is 0 Å². The summed E-state index contributed by atoms with van der Waals surface area (Å²) in [5, 5.41) is 9.97. The van der Waals surface area contributed by atoms with Crippen LogP contribution in [0.5, 0.6) is 0 Å². The Morgan fingerprint density at radius 3 is 2.30 bits per heavy atom. The first-order valence-corrected chi connectivity index (χ1v) is 9.70. The number of hydrogen-bond acceptors (Lipinski definition) is 3. The highest BCUT2D eigenvalue weighted by atomic mass is 16.4. The SMILES string of the molecule is Cc1ccc(C(=O)N2C[C@H]3CN(C(=O)C4CCC4)C[C@@]3(C(=O)O)C2)c(C)c1. The number of aryl methyl sites for hydroxylation is 2. The molecule has 2 atom stereocenters. The van der Waals surface area contributed by atoms with E-state index in [1.165, 1.54) is 0 Å². The van der Waals surface area contributed by atoms with E-state index in [2.05, 4.69) is 0 Å². The minimum absolute atomic E-state index is 0.0719. The van der Waals surface area contributed by atoms with Crippen LogP contribution < -0.4 is 0 Å². The Hall–Kier alpha value is -2.37. The first-order chi connectivity index (χ1) is 12.8. The monoisotopic (exact) mass is 370 g/mol. The average Bonchev–Trinajstić information content (AvgIpc) is 3.08. The second-order valence-corrected chi connectivity index (χ2v) is 8.51. The second-order valence-electron chi connectivity index (χ2n) is 8.51. The molecule has 4 rings (SSSR count). The van der Waals surface area contributed by atoms with Gasteiger partial charge in [-0.3, -0.25) is 14.4 Å². The van der Waals surface area contributed by atoms with Gasteiger partial charge in [-0.1, -0.05) is 24.1 Å². The molecule has 2 heterocycles. The van der Waals surface area contributed by atoms with Crippen LogP contribution in [0.1, 0.15) is 40.7 Å². The number of carboxylic acids is 1. The summed E-state index contributed by atoms with van der Waals surface area (Å²) >= 11 is 0. The first-order valence-electron chi connectivity index (χ1n) is 9.70. The number of amides is 2. The molecule has 0 bridgehead atoms. The molecule has 2 aliphatic heterocycles. The van der Waals surface area contributed by atoms with Gasteiger partial charge in [0.15, 0.2) is 0 Å². The van der Waals surface area contributed by atoms with Crippen molar-refractivity contribution in [2.75, 3.05) is 26.2 Å². The Morgan fingerprint density at radius 2 is 1.74 bits per heavy atom. The summed E-state index contributed by atoms with van der Waals surface area (Å²) in [4.78, 5) is 41.2. The molecule has 1 N–H and O–H groups in total. The molecule has 1 aromatic rings. The Morgan fingerprint density at radius 1 is 1.07 bits per heavy atom. The molecule has 6 heteroatoms. The lowest BCUT2D eigenvalue weighted by Crippen LogP contribution is -2.45. The number of fused-ring (bicyclic) bond motifs is 1. The topological polar surface area (TPSA) is 77.9 Å². The van der Waals surface area contributed by atoms with Gasteiger partial charge < -0.3 is 14.9 Å². The van der Waals surface area contributed by atoms with E-state index >= 15 is 0 Å². The molecule has 1 saturated carbocycles. The van der Waals surface area contributed by atoms with Gasteiger partial charge in [0.1, 0.15) is 5.41 Å². The van der Waals surface area contributed by atoms with Crippen molar-refractivity contribution in [3.8, 4) is 0 Å². The van der Waals surface area contributed by atoms with Gasteiger partial charge >= 0.3 is 5.97 Å². The fourth-order valence-corrected chi connectivity index (χ4v) is 4.83. The summed E-state index contributed by atoms with van der Waals surface area (Å²) in [6.45, 7) is 5.12. The second kappa shape index (κ2) is 6.36. The summed E-state index contributed by atoms with van der Waals surface area (Å²) < 4.78 is 0. The Balaban J connectivity index is 1.53. The molecule has 2 amide bonds. The zero-order valence-electron chi connectivity index (χ0n) is 15.9. The Labute approximate surface area is 159 Å². The number of carbonyl (C=O) groups excluding carboxylic acids is 2. The smallest absolute Gasteiger partial charge is 0.313 e. The summed E-state index contributed by atoms with van der Waals surface area (Å²) in [5.74, 6) is -1.04. The number of hydrogen-bond donors (Lipinski definition) is 1. The highest BCUT2D eigenvalue weighted by Crippen LogP contribution is 2.44. The van der Waals surface area contributed by atoms with E-state index in [4.69, 9.17) is 0 Å². The lowest BCUT2D eigenvalue weighted by Gasteiger charge is -2.31. The van der Waals surface area contributed by atoms with E-state index in [0.29, 0.717) is 18.7 Å². The number of nitrogens with zero attached hydrogens (tertiary/aromatic N) is 2. The van der Waals surface area contributed by atoms with Crippen molar-refractivity contribution in [1.29, 1.82) is 0 Å². The van der Waals surface area contributed by atoms with Gasteiger partial charge in [-0.05, 0) is 38.3 Å². The van der Waals surface area contributed by atoms with Gasteiger partial charge in [-0.15, -0.1) is 0 Å². The van der Waals surface area contributed by atoms with Crippen LogP contribution in [0.15, 0.2) is 18.2 Å². The maximum Gasteiger partial charge on any atom is 0.313 e. The van der Waals surface area contributed by atoms with E-state index in [0.717, 1.165) is 30.4 Å². The van der Waals surface area contributed by atoms with Crippen molar-refractivity contribution >= 4 is 17.8 Å². The minimum atomic E-state index is -1.03. The van der Waals surface area contributed by atoms with Crippen LogP contribution in [0.2, 0.25) is 0 Å². The number of carboxylic acid groups (broad SMARTS) is 1. The number of rotatable bonds is 3. The van der Waals surface area contributed by atoms with Crippen molar-refractivity contribution in [3.05, 3.63) is 34.9 Å². The molecule has 3 aliphatic rings. The number of aliphatic carboxylic acids is 1. The minimum Gasteiger partial charge on any atom is -0.481 e. The Bertz CT molecular complexity index is 816. The number of carbonyl (C=O) groups is 3. The van der Waals surface area contributed by atoms with E-state index in [1.807, 2.05) is 32.0 Å². The quantitative estimate of drug-likeness (QED) is 0.884. The lowest BCUT2D eigenvalue weighted by molar-refractivity contribution is -0.149. The maximum atomic E-state index is 13.0. The summed E-state index contributed by atoms with van der Waals surface area (Å²) in [5.41, 5.74) is 1.59. The van der Waals surface area contributed by atoms with Crippen molar-refractivity contribution in [2.45, 2.75) is 33.1 Å². The highest BCUT2D eigenvalue weighted by Gasteiger charge is 2.59. The molecular weight excluding hydrogens is 344 g/mol. The fourth-order valence-electron chi connectivity index (χ4n) is 4.83. The third-order valence-electron chi connectivity index (χ3n) is 6.70. The van der Waals surface area contributed by atoms with Crippen LogP contribution in [-0.2, 0) is 9.59 Å². The first kappa shape index (κ1) is 18.0. The fraction of sp³-hybridized carbons (Fsp3) is 0.571. The molecule has 27 heavy (non-hydrogen) atoms. The van der Waals surface area contributed by atoms with Crippen LogP contribution in [0.4, 0.5) is 0 Å². The van der Waals surface area contributed by atoms with Crippen LogP contribution in [0.3, 0.4) is 0 Å². The summed E-state index contributed by atoms with van der Waals surface area (Å²) in [7, 11) is 0. The molecule has 0 spiro atoms. The van der Waals surface area contributed by atoms with Crippen LogP contribution in [-0.4, -0.2) is 58.9 Å². The third kappa shape index (κ3) is 2.82. The summed E-state index contributed by atoms with van der Waals surface area (Å²) in [6, 6.07) is 5.69. The maximum absolute atomic E-state index is 13.0. The largest absolute Gasteiger partial charge is 0.481 e. The normalized spacial score (nSPS) is 27.4. The highest BCUT2D eigenvalue weighted by molar-refractivity contribution is 5.96. The van der Waals surface area contributed by atoms with E-state index in [-0.39, 0.29) is 36.7 Å². The molecule has 1 aliphatic carbocycles. The zero-order valence-corrected chi connectivity index (χ0v) is 15.9. The van der Waals surface area contributed by atoms with Crippen LogP contribution >= 0.6 is 0 Å². The molecule has 0 unspecified atom stereocenters. The molecule has 0 radical (unpaired) electrons. The van der Waals surface area contributed by atoms with Gasteiger partial charge in [0.05, 0.1) is 0 Å². The third-order valence-corrected chi connectivity index (χ3v) is 6.70. The molecular formula is C21H26N2O4. The van der Waals surface area contributed by atoms with E-state index in [1.54, 1.807) is 9.80 Å². The lowest BCUT2D eigenvalue weighted by atomic mass is 9.81. The van der Waals surface area contributed by atoms with Gasteiger partial charge in [0.25, 0.3) is 5.91 Å². The van der Waals surface area contributed by atoms with Gasteiger partial charge in [-0.25, -0.2) is 0 Å². The molecule has 2 saturated heterocycles. The van der Waals surface area contributed by atoms with Crippen LogP contribution in [0.25, 0.3) is 0 Å². The van der Waals surface area contributed by atoms with Gasteiger partial charge in [0, 0.05) is 43.6 Å². The summed E-state index contributed by atoms with van der Waals surface area (Å²) in [6.07, 6.45) is 2.91. The van der Waals surface area contributed by atoms with Gasteiger partial charge in [-0.2, -0.15) is 0 Å². The average molecular weight is 370 g/mol. The standard InChI is InChI=1S/C21H26N2O4/c1-13-6-7-17(14(2)8-13)19(25)23-10-16-9-22(18(24)15-4-3-5-15)11-21(16,12-23)20(26)27/h6-8,15-16H,3-5,9-12H2,1-2H3,(H,26,27)/t16-,21-/m1/s1. The molecule has 6 nitrogen and oxygen atoms in total. The predicted molar refractivity (Wildman–Crippen MR) is 99.3 cm³/mol. The molecule has 144 valence electrons. The molecule has 3 fully saturated rings. The molecule has 1 aromatic carbocycles. The van der Waals surface area contributed by atoms with Crippen LogP contribution in [0, 0.1) is 31.1 Å². The number of benzene rings is 1. The van der Waals surface area contributed by atoms with Gasteiger partial charge in [0.2, 0.25) is 5.91 Å². The van der Waals surface area contributed by atoms with Crippen molar-refractivity contribution < 1.29 is 19.5 Å². The predicted octanol–water partition coefficient (Wildman–Crippen LogP) is 2.09. The zero-order chi connectivity index (χ0) is 19.3. The van der Waals surface area contributed by atoms with E-state index < -0.39 is 11.4 Å². The van der Waals surface area contributed by atoms with Crippen molar-refractivity contribution in [2.24, 2.45) is 17.3 Å². The number of likely N-dealkylation sites (tertiary alicyclic amines) is 2. The van der Waals surface area contributed by atoms with Crippen molar-refractivity contribution in [1.82, 2.24) is 9.80 Å².